The fourth-order valence-corrected chi connectivity index (χ4v) is 2.23. The first-order valence-corrected chi connectivity index (χ1v) is 8.29. The lowest BCUT2D eigenvalue weighted by atomic mass is 10.1. The van der Waals surface area contributed by atoms with E-state index in [9.17, 15) is 9.59 Å². The van der Waals surface area contributed by atoms with E-state index in [1.807, 2.05) is 25.1 Å². The van der Waals surface area contributed by atoms with Gasteiger partial charge in [-0.15, -0.1) is 0 Å². The average molecular weight is 341 g/mol. The first-order valence-electron chi connectivity index (χ1n) is 8.29. The summed E-state index contributed by atoms with van der Waals surface area (Å²) in [5.74, 6) is -0.985. The van der Waals surface area contributed by atoms with Crippen molar-refractivity contribution in [1.29, 1.82) is 0 Å². The van der Waals surface area contributed by atoms with Crippen molar-refractivity contribution in [2.24, 2.45) is 0 Å². The molecule has 0 saturated heterocycles. The number of amides is 1. The Balaban J connectivity index is 1.79. The zero-order valence-corrected chi connectivity index (χ0v) is 14.7. The molecule has 0 saturated carbocycles. The van der Waals surface area contributed by atoms with Crippen LogP contribution in [0.3, 0.4) is 0 Å². The Kier molecular flexibility index (Phi) is 6.62. The molecule has 0 bridgehead atoms. The van der Waals surface area contributed by atoms with E-state index in [2.05, 4.69) is 27.4 Å². The first kappa shape index (κ1) is 18.6. The van der Waals surface area contributed by atoms with Crippen LogP contribution in [0.2, 0.25) is 0 Å². The molecule has 2 atom stereocenters. The van der Waals surface area contributed by atoms with E-state index in [4.69, 9.17) is 4.74 Å². The second-order valence-corrected chi connectivity index (χ2v) is 6.02. The second kappa shape index (κ2) is 8.92. The second-order valence-electron chi connectivity index (χ2n) is 6.02. The highest BCUT2D eigenvalue weighted by Gasteiger charge is 2.21. The van der Waals surface area contributed by atoms with Crippen molar-refractivity contribution in [3.63, 3.8) is 0 Å². The third kappa shape index (κ3) is 5.99. The van der Waals surface area contributed by atoms with Crippen LogP contribution >= 0.6 is 0 Å². The van der Waals surface area contributed by atoms with Crippen LogP contribution in [0.4, 0.5) is 0 Å². The molecule has 6 nitrogen and oxygen atoms in total. The number of carbonyl (C=O) groups is 2. The Labute approximate surface area is 147 Å². The van der Waals surface area contributed by atoms with E-state index < -0.39 is 12.1 Å². The van der Waals surface area contributed by atoms with Crippen LogP contribution in [0, 0.1) is 6.92 Å². The number of nitrogens with one attached hydrogen (secondary N) is 1. The molecular formula is C19H23N3O3. The molecule has 1 amide bonds. The zero-order chi connectivity index (χ0) is 18.2. The number of hydrogen-bond donors (Lipinski definition) is 1. The molecule has 0 fully saturated rings. The number of carbonyl (C=O) groups excluding carboxylic acids is 2. The molecule has 1 heterocycles. The summed E-state index contributed by atoms with van der Waals surface area (Å²) in [4.78, 5) is 32.1. The van der Waals surface area contributed by atoms with Crippen LogP contribution < -0.4 is 5.32 Å². The molecule has 2 rings (SSSR count). The Morgan fingerprint density at radius 3 is 2.48 bits per heavy atom. The fraction of sp³-hybridized carbons (Fsp3) is 0.368. The van der Waals surface area contributed by atoms with Gasteiger partial charge in [0.05, 0.1) is 11.9 Å². The lowest BCUT2D eigenvalue weighted by molar-refractivity contribution is -0.129. The average Bonchev–Trinajstić information content (AvgIpc) is 2.61. The number of rotatable bonds is 7. The molecule has 2 aromatic rings. The number of aryl methyl sites for hydroxylation is 2. The lowest BCUT2D eigenvalue weighted by Crippen LogP contribution is -2.41. The molecule has 0 aliphatic carbocycles. The van der Waals surface area contributed by atoms with Crippen LogP contribution in [0.25, 0.3) is 0 Å². The smallest absolute Gasteiger partial charge is 0.359 e. The van der Waals surface area contributed by atoms with E-state index in [1.165, 1.54) is 18.0 Å². The number of esters is 1. The maximum Gasteiger partial charge on any atom is 0.359 e. The van der Waals surface area contributed by atoms with Crippen LogP contribution in [-0.2, 0) is 16.0 Å². The van der Waals surface area contributed by atoms with Gasteiger partial charge in [-0.25, -0.2) is 9.78 Å². The molecule has 25 heavy (non-hydrogen) atoms. The minimum atomic E-state index is -0.894. The van der Waals surface area contributed by atoms with Crippen molar-refractivity contribution in [3.8, 4) is 0 Å². The van der Waals surface area contributed by atoms with Gasteiger partial charge < -0.3 is 10.1 Å². The van der Waals surface area contributed by atoms with Gasteiger partial charge in [-0.05, 0) is 39.2 Å². The summed E-state index contributed by atoms with van der Waals surface area (Å²) in [6.45, 7) is 5.24. The standard InChI is InChI=1S/C19H23N3O3/c1-13(9-10-16-7-5-4-6-8-16)22-18(23)15(3)25-19(24)17-12-20-14(2)11-21-17/h4-8,11-13,15H,9-10H2,1-3H3,(H,22,23)/t13-,15+/m0/s1. The van der Waals surface area contributed by atoms with E-state index in [0.717, 1.165) is 12.8 Å². The maximum absolute atomic E-state index is 12.2. The zero-order valence-electron chi connectivity index (χ0n) is 14.7. The first-order chi connectivity index (χ1) is 12.0. The number of ether oxygens (including phenoxy) is 1. The highest BCUT2D eigenvalue weighted by Crippen LogP contribution is 2.06. The summed E-state index contributed by atoms with van der Waals surface area (Å²) >= 11 is 0. The van der Waals surface area contributed by atoms with Crippen molar-refractivity contribution in [2.75, 3.05) is 0 Å². The predicted octanol–water partition coefficient (Wildman–Crippen LogP) is 2.47. The minimum absolute atomic E-state index is 0.0203. The summed E-state index contributed by atoms with van der Waals surface area (Å²) in [5, 5.41) is 2.86. The molecule has 6 heteroatoms. The topological polar surface area (TPSA) is 81.2 Å². The SMILES string of the molecule is Cc1cnc(C(=O)O[C@H](C)C(=O)N[C@@H](C)CCc2ccccc2)cn1. The number of benzene rings is 1. The molecule has 0 spiro atoms. The monoisotopic (exact) mass is 341 g/mol. The Hall–Kier alpha value is -2.76. The molecule has 1 aromatic carbocycles. The third-order valence-corrected chi connectivity index (χ3v) is 3.74. The van der Waals surface area contributed by atoms with Crippen molar-refractivity contribution < 1.29 is 14.3 Å². The van der Waals surface area contributed by atoms with Crippen molar-refractivity contribution in [2.45, 2.75) is 45.8 Å². The van der Waals surface area contributed by atoms with Crippen LogP contribution in [0.5, 0.6) is 0 Å². The molecule has 132 valence electrons. The van der Waals surface area contributed by atoms with Gasteiger partial charge in [0.2, 0.25) is 0 Å². The maximum atomic E-state index is 12.2. The van der Waals surface area contributed by atoms with E-state index >= 15 is 0 Å². The van der Waals surface area contributed by atoms with Gasteiger partial charge >= 0.3 is 5.97 Å². The Bertz CT molecular complexity index is 702. The van der Waals surface area contributed by atoms with Gasteiger partial charge in [0.1, 0.15) is 0 Å². The van der Waals surface area contributed by atoms with Gasteiger partial charge in [0.25, 0.3) is 5.91 Å². The highest BCUT2D eigenvalue weighted by atomic mass is 16.5. The Morgan fingerprint density at radius 1 is 1.12 bits per heavy atom. The largest absolute Gasteiger partial charge is 0.448 e. The summed E-state index contributed by atoms with van der Waals surface area (Å²) in [6.07, 6.45) is 3.60. The molecule has 0 unspecified atom stereocenters. The normalized spacial score (nSPS) is 12.9. The lowest BCUT2D eigenvalue weighted by Gasteiger charge is -2.18. The van der Waals surface area contributed by atoms with Crippen LogP contribution in [0.1, 0.15) is 42.0 Å². The molecule has 0 radical (unpaired) electrons. The van der Waals surface area contributed by atoms with Gasteiger partial charge in [0, 0.05) is 12.2 Å². The molecule has 1 N–H and O–H groups in total. The van der Waals surface area contributed by atoms with Crippen LogP contribution in [0.15, 0.2) is 42.7 Å². The summed E-state index contributed by atoms with van der Waals surface area (Å²) in [7, 11) is 0. The highest BCUT2D eigenvalue weighted by molar-refractivity contribution is 5.90. The molecule has 0 aliphatic heterocycles. The molecular weight excluding hydrogens is 318 g/mol. The summed E-state index contributed by atoms with van der Waals surface area (Å²) in [5.41, 5.74) is 2.01. The fourth-order valence-electron chi connectivity index (χ4n) is 2.23. The van der Waals surface area contributed by atoms with E-state index in [-0.39, 0.29) is 17.6 Å². The summed E-state index contributed by atoms with van der Waals surface area (Å²) < 4.78 is 5.15. The number of nitrogens with zero attached hydrogens (tertiary/aromatic N) is 2. The molecule has 0 aliphatic rings. The van der Waals surface area contributed by atoms with Crippen LogP contribution in [-0.4, -0.2) is 34.0 Å². The van der Waals surface area contributed by atoms with E-state index in [0.29, 0.717) is 5.69 Å². The summed E-state index contributed by atoms with van der Waals surface area (Å²) in [6, 6.07) is 10.1. The van der Waals surface area contributed by atoms with Gasteiger partial charge in [0.15, 0.2) is 11.8 Å². The van der Waals surface area contributed by atoms with Crippen molar-refractivity contribution in [3.05, 3.63) is 59.7 Å². The predicted molar refractivity (Wildman–Crippen MR) is 94.0 cm³/mol. The van der Waals surface area contributed by atoms with E-state index in [1.54, 1.807) is 13.8 Å². The molecule has 1 aromatic heterocycles. The minimum Gasteiger partial charge on any atom is -0.448 e. The number of hydrogen-bond acceptors (Lipinski definition) is 5. The number of aromatic nitrogens is 2. The van der Waals surface area contributed by atoms with Gasteiger partial charge in [-0.2, -0.15) is 0 Å². The van der Waals surface area contributed by atoms with Crippen molar-refractivity contribution >= 4 is 11.9 Å². The van der Waals surface area contributed by atoms with Gasteiger partial charge in [-0.1, -0.05) is 30.3 Å². The third-order valence-electron chi connectivity index (χ3n) is 3.74. The van der Waals surface area contributed by atoms with Gasteiger partial charge in [-0.3, -0.25) is 9.78 Å². The Morgan fingerprint density at radius 2 is 1.84 bits per heavy atom. The van der Waals surface area contributed by atoms with Crippen molar-refractivity contribution in [1.82, 2.24) is 15.3 Å². The quantitative estimate of drug-likeness (QED) is 0.783.